The number of ether oxygens (including phenoxy) is 1. The van der Waals surface area contributed by atoms with Gasteiger partial charge in [-0.2, -0.15) is 0 Å². The van der Waals surface area contributed by atoms with Crippen LogP contribution in [0.1, 0.15) is 99.8 Å². The number of carbonyl (C=O) groups is 4. The zero-order valence-electron chi connectivity index (χ0n) is 28.2. The molecule has 3 saturated carbocycles. The number of carboxylic acids is 1. The van der Waals surface area contributed by atoms with Crippen molar-refractivity contribution in [3.05, 3.63) is 46.3 Å². The lowest BCUT2D eigenvalue weighted by molar-refractivity contribution is -0.178. The number of hydrogen-bond acceptors (Lipinski definition) is 5. The molecule has 0 aromatic heterocycles. The van der Waals surface area contributed by atoms with Gasteiger partial charge in [-0.3, -0.25) is 14.4 Å². The number of fused-ring (bicyclic) bond motifs is 7. The van der Waals surface area contributed by atoms with E-state index in [4.69, 9.17) is 4.74 Å². The van der Waals surface area contributed by atoms with Gasteiger partial charge < -0.3 is 19.6 Å². The summed E-state index contributed by atoms with van der Waals surface area (Å²) in [7, 11) is 0. The molecule has 1 saturated heterocycles. The Bertz CT molecular complexity index is 1500. The molecule has 1 heterocycles. The smallest absolute Gasteiger partial charge is 0.415 e. The Kier molecular flexibility index (Phi) is 7.37. The summed E-state index contributed by atoms with van der Waals surface area (Å²) >= 11 is 0. The van der Waals surface area contributed by atoms with Gasteiger partial charge in [0, 0.05) is 43.6 Å². The van der Waals surface area contributed by atoms with Crippen LogP contribution in [-0.2, 0) is 19.1 Å². The Balaban J connectivity index is 1.30. The molecule has 0 unspecified atom stereocenters. The first-order chi connectivity index (χ1) is 21.0. The van der Waals surface area contributed by atoms with E-state index in [2.05, 4.69) is 39.8 Å². The highest BCUT2D eigenvalue weighted by Crippen LogP contribution is 2.75. The van der Waals surface area contributed by atoms with Crippen LogP contribution in [0.3, 0.4) is 0 Å². The third kappa shape index (κ3) is 4.51. The third-order valence-electron chi connectivity index (χ3n) is 13.7. The maximum absolute atomic E-state index is 13.7. The molecule has 0 aromatic carbocycles. The van der Waals surface area contributed by atoms with Gasteiger partial charge in [0.1, 0.15) is 0 Å². The number of piperazine rings is 1. The minimum Gasteiger partial charge on any atom is -0.481 e. The van der Waals surface area contributed by atoms with Crippen molar-refractivity contribution in [1.29, 1.82) is 0 Å². The van der Waals surface area contributed by atoms with E-state index in [9.17, 15) is 24.3 Å². The molecule has 0 spiro atoms. The van der Waals surface area contributed by atoms with Gasteiger partial charge in [-0.25, -0.2) is 4.79 Å². The number of rotatable bonds is 3. The zero-order valence-corrected chi connectivity index (χ0v) is 28.2. The predicted octanol–water partition coefficient (Wildman–Crippen LogP) is 6.83. The first kappa shape index (κ1) is 31.8. The largest absolute Gasteiger partial charge is 0.481 e. The number of allylic oxidation sites excluding steroid dienone is 7. The summed E-state index contributed by atoms with van der Waals surface area (Å²) in [6.07, 6.45) is 12.3. The molecular formula is C37H50N2O6. The number of carbonyl (C=O) groups excluding carboxylic acids is 3. The Morgan fingerprint density at radius 1 is 0.911 bits per heavy atom. The van der Waals surface area contributed by atoms with Crippen LogP contribution in [-0.4, -0.2) is 64.8 Å². The SMILES string of the molecule is CCC(=O)N1CCN(C(=O)OC2=C(C)C3=CC=C4[C@@](C)(CC[C@@]5(C)[C@@H]6C[C@](C)(C(=O)O)CC[C@]6(C)CC[C@]45C)C3=CC2=O)CC1. The van der Waals surface area contributed by atoms with Gasteiger partial charge >= 0.3 is 12.1 Å². The second-order valence-corrected chi connectivity index (χ2v) is 16.0. The molecule has 1 N–H and O–H groups in total. The number of carboxylic acid groups (broad SMARTS) is 1. The fourth-order valence-corrected chi connectivity index (χ4v) is 10.3. The van der Waals surface area contributed by atoms with E-state index in [1.165, 1.54) is 5.57 Å². The Morgan fingerprint density at radius 3 is 2.20 bits per heavy atom. The van der Waals surface area contributed by atoms with E-state index in [0.717, 1.165) is 49.7 Å². The van der Waals surface area contributed by atoms with E-state index >= 15 is 0 Å². The lowest BCUT2D eigenvalue weighted by Gasteiger charge is -2.70. The molecule has 0 radical (unpaired) electrons. The van der Waals surface area contributed by atoms with Crippen LogP contribution in [0.25, 0.3) is 0 Å². The van der Waals surface area contributed by atoms with Crippen LogP contribution in [0.15, 0.2) is 46.3 Å². The van der Waals surface area contributed by atoms with Crippen molar-refractivity contribution < 1.29 is 29.0 Å². The molecule has 1 aliphatic heterocycles. The summed E-state index contributed by atoms with van der Waals surface area (Å²) in [5.41, 5.74) is 2.87. The molecular weight excluding hydrogens is 568 g/mol. The van der Waals surface area contributed by atoms with Crippen LogP contribution >= 0.6 is 0 Å². The molecule has 0 bridgehead atoms. The van der Waals surface area contributed by atoms with Gasteiger partial charge in [0.15, 0.2) is 5.76 Å². The predicted molar refractivity (Wildman–Crippen MR) is 171 cm³/mol. The van der Waals surface area contributed by atoms with Crippen molar-refractivity contribution in [2.24, 2.45) is 33.0 Å². The van der Waals surface area contributed by atoms with E-state index in [0.29, 0.717) is 50.5 Å². The maximum Gasteiger partial charge on any atom is 0.415 e. The molecule has 4 fully saturated rings. The number of amides is 2. The molecule has 8 nitrogen and oxygen atoms in total. The molecule has 8 heteroatoms. The van der Waals surface area contributed by atoms with Crippen LogP contribution < -0.4 is 0 Å². The monoisotopic (exact) mass is 618 g/mol. The third-order valence-corrected chi connectivity index (χ3v) is 13.7. The first-order valence-electron chi connectivity index (χ1n) is 16.9. The van der Waals surface area contributed by atoms with Gasteiger partial charge in [-0.15, -0.1) is 0 Å². The summed E-state index contributed by atoms with van der Waals surface area (Å²) in [6.45, 7) is 16.8. The highest BCUT2D eigenvalue weighted by molar-refractivity contribution is 6.08. The molecule has 6 atom stereocenters. The van der Waals surface area contributed by atoms with Crippen LogP contribution in [0, 0.1) is 33.0 Å². The van der Waals surface area contributed by atoms with Gasteiger partial charge in [0.25, 0.3) is 0 Å². The number of hydrogen-bond donors (Lipinski definition) is 1. The molecule has 6 aliphatic rings. The molecule has 244 valence electrons. The molecule has 2 amide bonds. The number of aliphatic carboxylic acids is 1. The van der Waals surface area contributed by atoms with Gasteiger partial charge in [0.2, 0.25) is 11.7 Å². The summed E-state index contributed by atoms with van der Waals surface area (Å²) in [6, 6.07) is 0. The number of nitrogens with zero attached hydrogens (tertiary/aromatic N) is 2. The highest BCUT2D eigenvalue weighted by atomic mass is 16.6. The Morgan fingerprint density at radius 2 is 1.56 bits per heavy atom. The molecule has 5 aliphatic carbocycles. The van der Waals surface area contributed by atoms with Gasteiger partial charge in [-0.1, -0.05) is 52.3 Å². The van der Waals surface area contributed by atoms with Crippen molar-refractivity contribution in [1.82, 2.24) is 9.80 Å². The van der Waals surface area contributed by atoms with Crippen molar-refractivity contribution in [3.8, 4) is 0 Å². The molecule has 45 heavy (non-hydrogen) atoms. The lowest BCUT2D eigenvalue weighted by Crippen LogP contribution is -2.62. The average molecular weight is 619 g/mol. The summed E-state index contributed by atoms with van der Waals surface area (Å²) in [5, 5.41) is 10.2. The van der Waals surface area contributed by atoms with Crippen molar-refractivity contribution in [2.45, 2.75) is 99.8 Å². The summed E-state index contributed by atoms with van der Waals surface area (Å²) < 4.78 is 5.79. The first-order valence-corrected chi connectivity index (χ1v) is 16.9. The fourth-order valence-electron chi connectivity index (χ4n) is 10.3. The number of ketones is 1. The quantitative estimate of drug-likeness (QED) is 0.372. The Labute approximate surface area is 267 Å². The standard InChI is InChI=1S/C37H50N2O6/c1-8-29(41)38-17-19-39(20-18-38)32(44)45-30-23(2)24-9-10-27-35(5,25(24)21-26(30)40)14-16-37(7)28-22-34(4,31(42)43)12-11-33(28,3)13-15-36(27,37)6/h9-10,21,28H,8,11-20,22H2,1-7H3,(H,42,43)/t28-,33-,34-,35+,36-,37+/m1/s1. The van der Waals surface area contributed by atoms with Crippen molar-refractivity contribution in [3.63, 3.8) is 0 Å². The molecule has 6 rings (SSSR count). The van der Waals surface area contributed by atoms with E-state index in [1.54, 1.807) is 15.9 Å². The van der Waals surface area contributed by atoms with Crippen LogP contribution in [0.5, 0.6) is 0 Å². The van der Waals surface area contributed by atoms with Crippen molar-refractivity contribution in [2.75, 3.05) is 26.2 Å². The van der Waals surface area contributed by atoms with E-state index in [1.807, 2.05) is 20.8 Å². The average Bonchev–Trinajstić information content (AvgIpc) is 3.01. The minimum absolute atomic E-state index is 0.0651. The lowest BCUT2D eigenvalue weighted by atomic mass is 9.34. The molecule has 0 aromatic rings. The Hall–Kier alpha value is -3.16. The fraction of sp³-hybridized carbons (Fsp3) is 0.676. The van der Waals surface area contributed by atoms with Crippen LogP contribution in [0.2, 0.25) is 0 Å². The van der Waals surface area contributed by atoms with Crippen LogP contribution in [0.4, 0.5) is 4.79 Å². The van der Waals surface area contributed by atoms with Crippen molar-refractivity contribution >= 4 is 23.8 Å². The van der Waals surface area contributed by atoms with Gasteiger partial charge in [0.05, 0.1) is 5.41 Å². The zero-order chi connectivity index (χ0) is 32.7. The van der Waals surface area contributed by atoms with Gasteiger partial charge in [-0.05, 0) is 98.2 Å². The van der Waals surface area contributed by atoms with E-state index in [-0.39, 0.29) is 39.1 Å². The minimum atomic E-state index is -0.700. The normalized spacial score (nSPS) is 39.4. The highest BCUT2D eigenvalue weighted by Gasteiger charge is 2.67. The second-order valence-electron chi connectivity index (χ2n) is 16.0. The topological polar surface area (TPSA) is 104 Å². The summed E-state index contributed by atoms with van der Waals surface area (Å²) in [5.74, 6) is -0.508. The van der Waals surface area contributed by atoms with E-state index < -0.39 is 17.5 Å². The maximum atomic E-state index is 13.7. The second kappa shape index (κ2) is 10.4. The summed E-state index contributed by atoms with van der Waals surface area (Å²) in [4.78, 5) is 54.6.